The highest BCUT2D eigenvalue weighted by Crippen LogP contribution is 2.20. The number of hydrogen-bond donors (Lipinski definition) is 1. The zero-order valence-corrected chi connectivity index (χ0v) is 10.5. The number of carboxylic acids is 1. The number of carbonyl (C=O) groups is 1. The summed E-state index contributed by atoms with van der Waals surface area (Å²) in [5.74, 6) is -0.794. The Kier molecular flexibility index (Phi) is 3.19. The molecule has 0 aliphatic heterocycles. The molecule has 0 unspecified atom stereocenters. The van der Waals surface area contributed by atoms with E-state index in [1.807, 2.05) is 25.1 Å². The van der Waals surface area contributed by atoms with Crippen LogP contribution in [0.4, 0.5) is 0 Å². The lowest BCUT2D eigenvalue weighted by Crippen LogP contribution is -2.04. The van der Waals surface area contributed by atoms with Crippen LogP contribution in [0, 0.1) is 6.92 Å². The van der Waals surface area contributed by atoms with Gasteiger partial charge in [-0.15, -0.1) is 15.0 Å². The maximum absolute atomic E-state index is 10.5. The molecule has 6 nitrogen and oxygen atoms in total. The van der Waals surface area contributed by atoms with Crippen LogP contribution in [-0.2, 0) is 11.2 Å². The predicted molar refractivity (Wildman–Crippen MR) is 62.9 cm³/mol. The van der Waals surface area contributed by atoms with Gasteiger partial charge in [-0.25, -0.2) is 0 Å². The summed E-state index contributed by atoms with van der Waals surface area (Å²) in [7, 11) is 0. The second-order valence-electron chi connectivity index (χ2n) is 3.52. The average Bonchev–Trinajstić information content (AvgIpc) is 2.65. The molecule has 1 aromatic carbocycles. The number of tetrazole rings is 1. The van der Waals surface area contributed by atoms with Gasteiger partial charge in [0.1, 0.15) is 12.1 Å². The molecular weight excluding hydrogens is 288 g/mol. The molecule has 0 atom stereocenters. The third-order valence-corrected chi connectivity index (χ3v) is 2.72. The molecule has 88 valence electrons. The molecule has 17 heavy (non-hydrogen) atoms. The number of hydrogen-bond acceptors (Lipinski definition) is 4. The molecule has 2 aromatic rings. The zero-order chi connectivity index (χ0) is 12.4. The summed E-state index contributed by atoms with van der Waals surface area (Å²) >= 11 is 3.40. The van der Waals surface area contributed by atoms with Gasteiger partial charge >= 0.3 is 5.97 Å². The highest BCUT2D eigenvalue weighted by atomic mass is 79.9. The molecule has 0 aliphatic rings. The quantitative estimate of drug-likeness (QED) is 0.925. The van der Waals surface area contributed by atoms with Crippen LogP contribution in [0.5, 0.6) is 0 Å². The summed E-state index contributed by atoms with van der Waals surface area (Å²) < 4.78 is 0.830. The molecule has 1 N–H and O–H groups in total. The number of aliphatic carboxylic acids is 1. The normalized spacial score (nSPS) is 10.5. The summed E-state index contributed by atoms with van der Waals surface area (Å²) in [4.78, 5) is 11.8. The first-order chi connectivity index (χ1) is 8.06. The van der Waals surface area contributed by atoms with E-state index in [-0.39, 0.29) is 12.2 Å². The predicted octanol–water partition coefficient (Wildman–Crippen LogP) is 1.36. The largest absolute Gasteiger partial charge is 0.481 e. The number of halogens is 1. The van der Waals surface area contributed by atoms with Crippen molar-refractivity contribution in [2.75, 3.05) is 0 Å². The van der Waals surface area contributed by atoms with E-state index in [9.17, 15) is 4.79 Å². The van der Waals surface area contributed by atoms with Crippen LogP contribution in [-0.4, -0.2) is 31.3 Å². The van der Waals surface area contributed by atoms with Crippen LogP contribution in [0.25, 0.3) is 5.69 Å². The maximum Gasteiger partial charge on any atom is 0.311 e. The summed E-state index contributed by atoms with van der Waals surface area (Å²) in [6.45, 7) is 1.97. The molecule has 7 heteroatoms. The van der Waals surface area contributed by atoms with Gasteiger partial charge in [0.05, 0.1) is 0 Å². The Morgan fingerprint density at radius 2 is 2.29 bits per heavy atom. The molecule has 0 saturated heterocycles. The molecule has 0 spiro atoms. The van der Waals surface area contributed by atoms with Crippen molar-refractivity contribution in [1.82, 2.24) is 20.2 Å². The van der Waals surface area contributed by atoms with E-state index in [0.717, 1.165) is 15.7 Å². The maximum atomic E-state index is 10.5. The van der Waals surface area contributed by atoms with E-state index in [0.29, 0.717) is 0 Å². The van der Waals surface area contributed by atoms with Gasteiger partial charge in [0.25, 0.3) is 0 Å². The third-order valence-electron chi connectivity index (χ3n) is 2.08. The van der Waals surface area contributed by atoms with Gasteiger partial charge < -0.3 is 5.11 Å². The van der Waals surface area contributed by atoms with Crippen molar-refractivity contribution >= 4 is 21.9 Å². The number of benzene rings is 1. The zero-order valence-electron chi connectivity index (χ0n) is 8.96. The van der Waals surface area contributed by atoms with Crippen molar-refractivity contribution in [3.63, 3.8) is 0 Å². The molecule has 1 aromatic heterocycles. The first kappa shape index (κ1) is 11.7. The van der Waals surface area contributed by atoms with E-state index < -0.39 is 5.97 Å². The van der Waals surface area contributed by atoms with E-state index in [2.05, 4.69) is 31.3 Å². The number of carboxylic acid groups (broad SMARTS) is 1. The second-order valence-corrected chi connectivity index (χ2v) is 4.37. The minimum atomic E-state index is -0.979. The monoisotopic (exact) mass is 296 g/mol. The van der Waals surface area contributed by atoms with Crippen LogP contribution in [0.2, 0.25) is 0 Å². The van der Waals surface area contributed by atoms with Gasteiger partial charge in [0.15, 0.2) is 5.82 Å². The minimum absolute atomic E-state index is 0.185. The molecular formula is C10H9BrN4O2. The second kappa shape index (κ2) is 4.62. The lowest BCUT2D eigenvalue weighted by atomic mass is 10.2. The molecule has 0 saturated carbocycles. The van der Waals surface area contributed by atoms with E-state index in [4.69, 9.17) is 5.11 Å². The minimum Gasteiger partial charge on any atom is -0.481 e. The summed E-state index contributed by atoms with van der Waals surface area (Å²) in [5, 5.41) is 20.1. The van der Waals surface area contributed by atoms with Crippen LogP contribution in [0.1, 0.15) is 11.4 Å². The fourth-order valence-electron chi connectivity index (χ4n) is 1.33. The molecule has 1 heterocycles. The first-order valence-corrected chi connectivity index (χ1v) is 5.63. The van der Waals surface area contributed by atoms with Crippen molar-refractivity contribution < 1.29 is 9.90 Å². The molecule has 0 fully saturated rings. The third kappa shape index (κ3) is 2.68. The summed E-state index contributed by atoms with van der Waals surface area (Å²) in [6.07, 6.45) is -0.233. The number of aromatic nitrogens is 4. The molecule has 0 aliphatic carbocycles. The van der Waals surface area contributed by atoms with Crippen molar-refractivity contribution in [2.45, 2.75) is 13.3 Å². The fourth-order valence-corrected chi connectivity index (χ4v) is 1.98. The Bertz CT molecular complexity index is 567. The Morgan fingerprint density at radius 1 is 1.53 bits per heavy atom. The van der Waals surface area contributed by atoms with Gasteiger partial charge in [-0.05, 0) is 45.8 Å². The van der Waals surface area contributed by atoms with Crippen molar-refractivity contribution in [2.24, 2.45) is 0 Å². The Hall–Kier alpha value is -1.76. The van der Waals surface area contributed by atoms with Crippen LogP contribution in [0.3, 0.4) is 0 Å². The van der Waals surface area contributed by atoms with Gasteiger partial charge in [-0.1, -0.05) is 6.07 Å². The van der Waals surface area contributed by atoms with Gasteiger partial charge in [0.2, 0.25) is 0 Å². The summed E-state index contributed by atoms with van der Waals surface area (Å²) in [6, 6.07) is 5.68. The van der Waals surface area contributed by atoms with Gasteiger partial charge in [-0.2, -0.15) is 0 Å². The van der Waals surface area contributed by atoms with E-state index in [1.165, 1.54) is 4.80 Å². The van der Waals surface area contributed by atoms with E-state index in [1.54, 1.807) is 0 Å². The molecule has 0 bridgehead atoms. The highest BCUT2D eigenvalue weighted by molar-refractivity contribution is 9.10. The Labute approximate surface area is 105 Å². The van der Waals surface area contributed by atoms with Crippen molar-refractivity contribution in [1.29, 1.82) is 0 Å². The topological polar surface area (TPSA) is 80.9 Å². The molecule has 0 radical (unpaired) electrons. The van der Waals surface area contributed by atoms with Crippen LogP contribution in [0.15, 0.2) is 22.7 Å². The van der Waals surface area contributed by atoms with Crippen molar-refractivity contribution in [3.05, 3.63) is 34.1 Å². The standard InChI is InChI=1S/C10H9BrN4O2/c1-6-2-3-8(7(11)4-6)15-13-9(12-14-15)5-10(16)17/h2-4H,5H2,1H3,(H,16,17). The fraction of sp³-hybridized carbons (Fsp3) is 0.200. The summed E-state index contributed by atoms with van der Waals surface area (Å²) in [5.41, 5.74) is 1.83. The lowest BCUT2D eigenvalue weighted by molar-refractivity contribution is -0.136. The Balaban J connectivity index is 2.33. The molecule has 0 amide bonds. The van der Waals surface area contributed by atoms with Gasteiger partial charge in [-0.3, -0.25) is 4.79 Å². The smallest absolute Gasteiger partial charge is 0.311 e. The average molecular weight is 297 g/mol. The SMILES string of the molecule is Cc1ccc(-n2nnc(CC(=O)O)n2)c(Br)c1. The number of nitrogens with zero attached hydrogens (tertiary/aromatic N) is 4. The lowest BCUT2D eigenvalue weighted by Gasteiger charge is -2.02. The van der Waals surface area contributed by atoms with E-state index >= 15 is 0 Å². The van der Waals surface area contributed by atoms with Crippen LogP contribution >= 0.6 is 15.9 Å². The Morgan fingerprint density at radius 3 is 2.94 bits per heavy atom. The number of aryl methyl sites for hydroxylation is 1. The number of rotatable bonds is 3. The van der Waals surface area contributed by atoms with Crippen molar-refractivity contribution in [3.8, 4) is 5.69 Å². The molecule has 2 rings (SSSR count). The highest BCUT2D eigenvalue weighted by Gasteiger charge is 2.10. The van der Waals surface area contributed by atoms with Gasteiger partial charge in [0, 0.05) is 4.47 Å². The van der Waals surface area contributed by atoms with Crippen LogP contribution < -0.4 is 0 Å². The first-order valence-electron chi connectivity index (χ1n) is 4.83.